The van der Waals surface area contributed by atoms with Crippen molar-refractivity contribution < 1.29 is 9.59 Å². The Morgan fingerprint density at radius 3 is 2.29 bits per heavy atom. The molecule has 1 aliphatic heterocycles. The van der Waals surface area contributed by atoms with E-state index < -0.39 is 0 Å². The number of fused-ring (bicyclic) bond motifs is 1. The number of nitrogens with one attached hydrogen (secondary N) is 1. The number of carbonyl (C=O) groups is 2. The van der Waals surface area contributed by atoms with Crippen molar-refractivity contribution in [2.75, 3.05) is 13.6 Å². The van der Waals surface area contributed by atoms with Crippen LogP contribution in [0.1, 0.15) is 33.6 Å². The maximum atomic E-state index is 12.0. The zero-order valence-electron chi connectivity index (χ0n) is 11.1. The molecule has 1 saturated carbocycles. The standard InChI is InChI=1S/C13H22N2O2/c1-8(14-4)6-5-7-15-11(16)9-10(12(15)17)13(9,2)3/h8-10,14H,5-7H2,1-4H3. The van der Waals surface area contributed by atoms with Gasteiger partial charge in [0.1, 0.15) is 0 Å². The fourth-order valence-electron chi connectivity index (χ4n) is 2.92. The van der Waals surface area contributed by atoms with Crippen LogP contribution in [0.3, 0.4) is 0 Å². The summed E-state index contributed by atoms with van der Waals surface area (Å²) in [4.78, 5) is 25.5. The van der Waals surface area contributed by atoms with Crippen LogP contribution >= 0.6 is 0 Å². The summed E-state index contributed by atoms with van der Waals surface area (Å²) >= 11 is 0. The third kappa shape index (κ3) is 1.88. The SMILES string of the molecule is CNC(C)CCCN1C(=O)C2C(C1=O)C2(C)C. The van der Waals surface area contributed by atoms with E-state index in [1.165, 1.54) is 4.90 Å². The van der Waals surface area contributed by atoms with Crippen molar-refractivity contribution in [1.29, 1.82) is 0 Å². The second-order valence-corrected chi connectivity index (χ2v) is 5.94. The van der Waals surface area contributed by atoms with E-state index in [2.05, 4.69) is 12.2 Å². The number of nitrogens with zero attached hydrogens (tertiary/aromatic N) is 1. The molecule has 0 aromatic heterocycles. The smallest absolute Gasteiger partial charge is 0.233 e. The van der Waals surface area contributed by atoms with E-state index in [0.29, 0.717) is 12.6 Å². The van der Waals surface area contributed by atoms with Crippen LogP contribution < -0.4 is 5.32 Å². The first-order valence-electron chi connectivity index (χ1n) is 6.43. The van der Waals surface area contributed by atoms with Crippen molar-refractivity contribution in [3.63, 3.8) is 0 Å². The van der Waals surface area contributed by atoms with Crippen LogP contribution in [0.4, 0.5) is 0 Å². The zero-order chi connectivity index (χ0) is 12.8. The lowest BCUT2D eigenvalue weighted by Crippen LogP contribution is -2.37. The van der Waals surface area contributed by atoms with Crippen LogP contribution in [-0.2, 0) is 9.59 Å². The molecule has 17 heavy (non-hydrogen) atoms. The molecule has 0 bridgehead atoms. The molecule has 2 fully saturated rings. The minimum atomic E-state index is -0.0804. The number of amides is 2. The van der Waals surface area contributed by atoms with Gasteiger partial charge in [0.05, 0.1) is 11.8 Å². The molecule has 3 unspecified atom stereocenters. The van der Waals surface area contributed by atoms with Gasteiger partial charge in [0.25, 0.3) is 0 Å². The van der Waals surface area contributed by atoms with Crippen LogP contribution in [0.25, 0.3) is 0 Å². The summed E-state index contributed by atoms with van der Waals surface area (Å²) in [5.74, 6) is 0.0534. The number of imide groups is 1. The van der Waals surface area contributed by atoms with E-state index in [9.17, 15) is 9.59 Å². The number of piperidine rings is 1. The first-order valence-corrected chi connectivity index (χ1v) is 6.43. The highest BCUT2D eigenvalue weighted by molar-refractivity contribution is 6.10. The molecule has 3 atom stereocenters. The first-order chi connectivity index (χ1) is 7.91. The normalized spacial score (nSPS) is 31.6. The van der Waals surface area contributed by atoms with E-state index in [-0.39, 0.29) is 29.1 Å². The summed E-state index contributed by atoms with van der Waals surface area (Å²) in [6.07, 6.45) is 1.88. The van der Waals surface area contributed by atoms with Gasteiger partial charge in [0, 0.05) is 12.6 Å². The van der Waals surface area contributed by atoms with E-state index in [0.717, 1.165) is 12.8 Å². The number of likely N-dealkylation sites (tertiary alicyclic amines) is 1. The quantitative estimate of drug-likeness (QED) is 0.727. The number of hydrogen-bond donors (Lipinski definition) is 1. The molecule has 0 aromatic rings. The van der Waals surface area contributed by atoms with Gasteiger partial charge in [-0.3, -0.25) is 14.5 Å². The average molecular weight is 238 g/mol. The Balaban J connectivity index is 1.85. The highest BCUT2D eigenvalue weighted by Crippen LogP contribution is 2.63. The van der Waals surface area contributed by atoms with Crippen LogP contribution in [0.2, 0.25) is 0 Å². The Morgan fingerprint density at radius 1 is 1.29 bits per heavy atom. The van der Waals surface area contributed by atoms with Crippen molar-refractivity contribution in [3.8, 4) is 0 Å². The third-order valence-corrected chi connectivity index (χ3v) is 4.40. The van der Waals surface area contributed by atoms with Crippen molar-refractivity contribution >= 4 is 11.8 Å². The van der Waals surface area contributed by atoms with Gasteiger partial charge in [-0.2, -0.15) is 0 Å². The van der Waals surface area contributed by atoms with Gasteiger partial charge in [0.2, 0.25) is 11.8 Å². The van der Waals surface area contributed by atoms with Crippen molar-refractivity contribution in [2.24, 2.45) is 17.3 Å². The van der Waals surface area contributed by atoms with Gasteiger partial charge in [-0.25, -0.2) is 0 Å². The zero-order valence-corrected chi connectivity index (χ0v) is 11.1. The molecule has 1 heterocycles. The molecule has 4 nitrogen and oxygen atoms in total. The number of rotatable bonds is 5. The van der Waals surface area contributed by atoms with Gasteiger partial charge in [-0.1, -0.05) is 13.8 Å². The molecule has 0 radical (unpaired) electrons. The second-order valence-electron chi connectivity index (χ2n) is 5.94. The number of carbonyl (C=O) groups excluding carboxylic acids is 2. The summed E-state index contributed by atoms with van der Waals surface area (Å²) in [6.45, 7) is 6.72. The minimum absolute atomic E-state index is 0.0308. The maximum absolute atomic E-state index is 12.0. The third-order valence-electron chi connectivity index (χ3n) is 4.40. The predicted octanol–water partition coefficient (Wildman–Crippen LogP) is 1.02. The van der Waals surface area contributed by atoms with Crippen LogP contribution in [0, 0.1) is 17.3 Å². The lowest BCUT2D eigenvalue weighted by atomic mass is 10.1. The fraction of sp³-hybridized carbons (Fsp3) is 0.846. The first kappa shape index (κ1) is 12.6. The second kappa shape index (κ2) is 4.09. The van der Waals surface area contributed by atoms with E-state index in [1.807, 2.05) is 20.9 Å². The van der Waals surface area contributed by atoms with E-state index in [4.69, 9.17) is 0 Å². The molecule has 2 aliphatic rings. The molecule has 2 amide bonds. The largest absolute Gasteiger partial charge is 0.317 e. The van der Waals surface area contributed by atoms with Crippen LogP contribution in [-0.4, -0.2) is 36.3 Å². The molecule has 1 saturated heterocycles. The maximum Gasteiger partial charge on any atom is 0.233 e. The molecular formula is C13H22N2O2. The average Bonchev–Trinajstić information content (AvgIpc) is 2.74. The summed E-state index contributed by atoms with van der Waals surface area (Å²) < 4.78 is 0. The molecular weight excluding hydrogens is 216 g/mol. The Kier molecular flexibility index (Phi) is 3.02. The summed E-state index contributed by atoms with van der Waals surface area (Å²) in [5, 5.41) is 3.16. The topological polar surface area (TPSA) is 49.4 Å². The highest BCUT2D eigenvalue weighted by atomic mass is 16.2. The molecule has 4 heteroatoms. The Labute approximate surface area is 103 Å². The summed E-state index contributed by atoms with van der Waals surface area (Å²) in [7, 11) is 1.93. The molecule has 96 valence electrons. The Morgan fingerprint density at radius 2 is 1.82 bits per heavy atom. The van der Waals surface area contributed by atoms with Gasteiger partial charge in [0.15, 0.2) is 0 Å². The lowest BCUT2D eigenvalue weighted by molar-refractivity contribution is -0.143. The van der Waals surface area contributed by atoms with E-state index in [1.54, 1.807) is 0 Å². The molecule has 1 N–H and O–H groups in total. The van der Waals surface area contributed by atoms with Crippen molar-refractivity contribution in [1.82, 2.24) is 10.2 Å². The molecule has 2 rings (SSSR count). The highest BCUT2D eigenvalue weighted by Gasteiger charge is 2.72. The summed E-state index contributed by atoms with van der Waals surface area (Å²) in [6, 6.07) is 0.439. The molecule has 0 aromatic carbocycles. The van der Waals surface area contributed by atoms with E-state index >= 15 is 0 Å². The fourth-order valence-corrected chi connectivity index (χ4v) is 2.92. The lowest BCUT2D eigenvalue weighted by Gasteiger charge is -2.21. The molecule has 1 aliphatic carbocycles. The van der Waals surface area contributed by atoms with Gasteiger partial charge in [-0.15, -0.1) is 0 Å². The summed E-state index contributed by atoms with van der Waals surface area (Å²) in [5.41, 5.74) is -0.0804. The minimum Gasteiger partial charge on any atom is -0.317 e. The van der Waals surface area contributed by atoms with Crippen molar-refractivity contribution in [3.05, 3.63) is 0 Å². The van der Waals surface area contributed by atoms with Crippen molar-refractivity contribution in [2.45, 2.75) is 39.7 Å². The van der Waals surface area contributed by atoms with Crippen LogP contribution in [0.5, 0.6) is 0 Å². The van der Waals surface area contributed by atoms with Gasteiger partial charge in [-0.05, 0) is 32.2 Å². The van der Waals surface area contributed by atoms with Gasteiger partial charge < -0.3 is 5.32 Å². The predicted molar refractivity (Wildman–Crippen MR) is 65.2 cm³/mol. The Bertz CT molecular complexity index is 327. The number of hydrogen-bond acceptors (Lipinski definition) is 3. The molecule has 0 spiro atoms. The van der Waals surface area contributed by atoms with Crippen LogP contribution in [0.15, 0.2) is 0 Å². The monoisotopic (exact) mass is 238 g/mol. The Hall–Kier alpha value is -0.900. The van der Waals surface area contributed by atoms with Gasteiger partial charge >= 0.3 is 0 Å².